The van der Waals surface area contributed by atoms with E-state index in [1.165, 1.54) is 13.4 Å². The number of hydrogen-bond donors (Lipinski definition) is 1. The van der Waals surface area contributed by atoms with E-state index < -0.39 is 5.41 Å². The van der Waals surface area contributed by atoms with Crippen LogP contribution in [0.15, 0.2) is 6.33 Å². The summed E-state index contributed by atoms with van der Waals surface area (Å²) in [6, 6.07) is 0.201. The van der Waals surface area contributed by atoms with Gasteiger partial charge in [0.1, 0.15) is 12.2 Å². The summed E-state index contributed by atoms with van der Waals surface area (Å²) in [6.45, 7) is 6.01. The van der Waals surface area contributed by atoms with Crippen molar-refractivity contribution >= 4 is 5.97 Å². The number of nitrogens with zero attached hydrogens (tertiary/aromatic N) is 3. The van der Waals surface area contributed by atoms with Crippen molar-refractivity contribution in [1.29, 1.82) is 0 Å². The molecule has 6 nitrogen and oxygen atoms in total. The van der Waals surface area contributed by atoms with Gasteiger partial charge in [0.05, 0.1) is 12.5 Å². The molecule has 0 radical (unpaired) electrons. The summed E-state index contributed by atoms with van der Waals surface area (Å²) in [5.74, 6) is 0.427. The van der Waals surface area contributed by atoms with Crippen LogP contribution in [0.5, 0.6) is 0 Å². The Morgan fingerprint density at radius 2 is 2.29 bits per heavy atom. The summed E-state index contributed by atoms with van der Waals surface area (Å²) in [5, 5.41) is 4.13. The quantitative estimate of drug-likeness (QED) is 0.759. The van der Waals surface area contributed by atoms with Gasteiger partial charge in [-0.1, -0.05) is 0 Å². The number of carbonyl (C=O) groups excluding carboxylic acids is 1. The third-order valence-electron chi connectivity index (χ3n) is 2.81. The monoisotopic (exact) mass is 240 g/mol. The fraction of sp³-hybridized carbons (Fsp3) is 0.727. The van der Waals surface area contributed by atoms with E-state index in [0.29, 0.717) is 6.42 Å². The van der Waals surface area contributed by atoms with E-state index in [9.17, 15) is 4.79 Å². The maximum atomic E-state index is 11.7. The molecule has 6 heteroatoms. The van der Waals surface area contributed by atoms with Crippen molar-refractivity contribution in [3.05, 3.63) is 12.2 Å². The molecule has 2 N–H and O–H groups in total. The fourth-order valence-corrected chi connectivity index (χ4v) is 1.65. The highest BCUT2D eigenvalue weighted by Gasteiger charge is 2.35. The summed E-state index contributed by atoms with van der Waals surface area (Å²) in [4.78, 5) is 15.9. The van der Waals surface area contributed by atoms with Gasteiger partial charge in [0, 0.05) is 19.0 Å². The molecular formula is C11H20N4O2. The molecule has 1 heterocycles. The third-order valence-corrected chi connectivity index (χ3v) is 2.81. The van der Waals surface area contributed by atoms with E-state index in [4.69, 9.17) is 10.5 Å². The van der Waals surface area contributed by atoms with Crippen LogP contribution < -0.4 is 5.73 Å². The van der Waals surface area contributed by atoms with E-state index in [-0.39, 0.29) is 18.6 Å². The standard InChI is InChI=1S/C11H20N4O2/c1-8(2)15-9(13-7-14-15)5-11(3,6-12)10(16)17-4/h7-8H,5-6,12H2,1-4H3. The minimum Gasteiger partial charge on any atom is -0.469 e. The molecule has 0 aliphatic rings. The largest absolute Gasteiger partial charge is 0.469 e. The Hall–Kier alpha value is -1.43. The van der Waals surface area contributed by atoms with E-state index in [1.807, 2.05) is 13.8 Å². The molecule has 1 aromatic rings. The average molecular weight is 240 g/mol. The number of rotatable bonds is 5. The Labute approximate surface area is 101 Å². The maximum Gasteiger partial charge on any atom is 0.313 e. The number of hydrogen-bond acceptors (Lipinski definition) is 5. The first-order chi connectivity index (χ1) is 7.94. The number of aromatic nitrogens is 3. The minimum atomic E-state index is -0.756. The normalized spacial score (nSPS) is 14.7. The van der Waals surface area contributed by atoms with Crippen LogP contribution in [0, 0.1) is 5.41 Å². The van der Waals surface area contributed by atoms with Crippen molar-refractivity contribution < 1.29 is 9.53 Å². The van der Waals surface area contributed by atoms with Crippen LogP contribution in [0.4, 0.5) is 0 Å². The van der Waals surface area contributed by atoms with Gasteiger partial charge in [-0.2, -0.15) is 5.10 Å². The van der Waals surface area contributed by atoms with E-state index in [2.05, 4.69) is 10.1 Å². The van der Waals surface area contributed by atoms with E-state index in [0.717, 1.165) is 5.82 Å². The molecular weight excluding hydrogens is 220 g/mol. The van der Waals surface area contributed by atoms with Crippen LogP contribution in [0.3, 0.4) is 0 Å². The van der Waals surface area contributed by atoms with Gasteiger partial charge in [0.2, 0.25) is 0 Å². The zero-order valence-electron chi connectivity index (χ0n) is 10.8. The smallest absolute Gasteiger partial charge is 0.313 e. The number of esters is 1. The molecule has 0 saturated heterocycles. The van der Waals surface area contributed by atoms with Gasteiger partial charge in [-0.05, 0) is 20.8 Å². The van der Waals surface area contributed by atoms with Crippen molar-refractivity contribution in [3.63, 3.8) is 0 Å². The third kappa shape index (κ3) is 2.82. The Morgan fingerprint density at radius 1 is 1.65 bits per heavy atom. The lowest BCUT2D eigenvalue weighted by molar-refractivity contribution is -0.151. The Morgan fingerprint density at radius 3 is 2.76 bits per heavy atom. The minimum absolute atomic E-state index is 0.201. The molecule has 0 saturated carbocycles. The second-order valence-electron chi connectivity index (χ2n) is 4.65. The highest BCUT2D eigenvalue weighted by molar-refractivity contribution is 5.76. The number of carbonyl (C=O) groups is 1. The van der Waals surface area contributed by atoms with Gasteiger partial charge in [0.25, 0.3) is 0 Å². The Balaban J connectivity index is 2.95. The summed E-state index contributed by atoms with van der Waals surface area (Å²) >= 11 is 0. The summed E-state index contributed by atoms with van der Waals surface area (Å²) < 4.78 is 6.57. The van der Waals surface area contributed by atoms with Gasteiger partial charge in [0.15, 0.2) is 0 Å². The van der Waals surface area contributed by atoms with Crippen molar-refractivity contribution in [3.8, 4) is 0 Å². The second-order valence-corrected chi connectivity index (χ2v) is 4.65. The Kier molecular flexibility index (Phi) is 4.22. The molecule has 1 unspecified atom stereocenters. The first kappa shape index (κ1) is 13.6. The highest BCUT2D eigenvalue weighted by atomic mass is 16.5. The molecule has 1 aromatic heterocycles. The highest BCUT2D eigenvalue weighted by Crippen LogP contribution is 2.23. The molecule has 1 atom stereocenters. The molecule has 0 spiro atoms. The SMILES string of the molecule is COC(=O)C(C)(CN)Cc1ncnn1C(C)C. The van der Waals surface area contributed by atoms with Gasteiger partial charge in [-0.3, -0.25) is 4.79 Å². The lowest BCUT2D eigenvalue weighted by Crippen LogP contribution is -2.39. The van der Waals surface area contributed by atoms with Crippen LogP contribution in [0.2, 0.25) is 0 Å². The number of ether oxygens (including phenoxy) is 1. The molecule has 1 rings (SSSR count). The predicted molar refractivity (Wildman–Crippen MR) is 63.3 cm³/mol. The molecule has 0 bridgehead atoms. The Bertz CT molecular complexity index is 389. The lowest BCUT2D eigenvalue weighted by Gasteiger charge is -2.24. The van der Waals surface area contributed by atoms with Crippen molar-refractivity contribution in [2.45, 2.75) is 33.2 Å². The molecule has 0 aliphatic heterocycles. The van der Waals surface area contributed by atoms with Crippen LogP contribution in [0.1, 0.15) is 32.6 Å². The van der Waals surface area contributed by atoms with Gasteiger partial charge in [-0.25, -0.2) is 9.67 Å². The molecule has 0 fully saturated rings. The average Bonchev–Trinajstić information content (AvgIpc) is 2.75. The summed E-state index contributed by atoms with van der Waals surface area (Å²) in [7, 11) is 1.36. The van der Waals surface area contributed by atoms with Crippen LogP contribution in [-0.2, 0) is 16.0 Å². The zero-order chi connectivity index (χ0) is 13.1. The fourth-order valence-electron chi connectivity index (χ4n) is 1.65. The van der Waals surface area contributed by atoms with Gasteiger partial charge >= 0.3 is 5.97 Å². The predicted octanol–water partition coefficient (Wildman–Crippen LogP) is 0.539. The van der Waals surface area contributed by atoms with Crippen LogP contribution in [0.25, 0.3) is 0 Å². The lowest BCUT2D eigenvalue weighted by atomic mass is 9.86. The van der Waals surface area contributed by atoms with Crippen molar-refractivity contribution in [1.82, 2.24) is 14.8 Å². The van der Waals surface area contributed by atoms with Crippen LogP contribution in [-0.4, -0.2) is 34.4 Å². The molecule has 96 valence electrons. The van der Waals surface area contributed by atoms with Crippen molar-refractivity contribution in [2.75, 3.05) is 13.7 Å². The van der Waals surface area contributed by atoms with Crippen LogP contribution >= 0.6 is 0 Å². The number of nitrogens with two attached hydrogens (primary N) is 1. The first-order valence-corrected chi connectivity index (χ1v) is 5.61. The van der Waals surface area contributed by atoms with Crippen molar-refractivity contribution in [2.24, 2.45) is 11.1 Å². The maximum absolute atomic E-state index is 11.7. The van der Waals surface area contributed by atoms with Gasteiger partial charge < -0.3 is 10.5 Å². The first-order valence-electron chi connectivity index (χ1n) is 5.61. The van der Waals surface area contributed by atoms with Gasteiger partial charge in [-0.15, -0.1) is 0 Å². The molecule has 0 aliphatic carbocycles. The zero-order valence-corrected chi connectivity index (χ0v) is 10.8. The second kappa shape index (κ2) is 5.27. The van der Waals surface area contributed by atoms with E-state index >= 15 is 0 Å². The topological polar surface area (TPSA) is 83.0 Å². The van der Waals surface area contributed by atoms with E-state index in [1.54, 1.807) is 11.6 Å². The summed E-state index contributed by atoms with van der Waals surface area (Å²) in [5.41, 5.74) is 4.91. The molecule has 17 heavy (non-hydrogen) atoms. The number of methoxy groups -OCH3 is 1. The summed E-state index contributed by atoms with van der Waals surface area (Å²) in [6.07, 6.45) is 1.91. The molecule has 0 aromatic carbocycles. The molecule has 0 amide bonds.